The fraction of sp³-hybridized carbons (Fsp3) is 0.917. The predicted molar refractivity (Wildman–Crippen MR) is 62.2 cm³/mol. The van der Waals surface area contributed by atoms with Crippen LogP contribution in [0.5, 0.6) is 0 Å². The Balaban J connectivity index is 2.53. The van der Waals surface area contributed by atoms with Crippen LogP contribution in [0.3, 0.4) is 0 Å². The summed E-state index contributed by atoms with van der Waals surface area (Å²) in [6.07, 6.45) is 1.16. The summed E-state index contributed by atoms with van der Waals surface area (Å²) >= 11 is 0. The summed E-state index contributed by atoms with van der Waals surface area (Å²) in [5, 5.41) is 3.44. The van der Waals surface area contributed by atoms with Crippen molar-refractivity contribution in [3.8, 4) is 0 Å². The van der Waals surface area contributed by atoms with Crippen molar-refractivity contribution in [2.24, 2.45) is 5.41 Å². The standard InChI is InChI=1S/C12H23NO3/c1-9-12(4,6-7-16-9)13-8-11(2,3)10(14)15-5/h9,13H,6-8H2,1-5H3. The van der Waals surface area contributed by atoms with Gasteiger partial charge in [-0.2, -0.15) is 0 Å². The van der Waals surface area contributed by atoms with E-state index in [0.717, 1.165) is 13.0 Å². The summed E-state index contributed by atoms with van der Waals surface area (Å²) in [4.78, 5) is 11.5. The zero-order chi connectivity index (χ0) is 12.4. The summed E-state index contributed by atoms with van der Waals surface area (Å²) in [5.74, 6) is -0.185. The second-order valence-electron chi connectivity index (χ2n) is 5.41. The summed E-state index contributed by atoms with van der Waals surface area (Å²) in [5.41, 5.74) is -0.536. The quantitative estimate of drug-likeness (QED) is 0.739. The second kappa shape index (κ2) is 4.72. The minimum Gasteiger partial charge on any atom is -0.469 e. The maximum atomic E-state index is 11.5. The zero-order valence-electron chi connectivity index (χ0n) is 10.9. The van der Waals surface area contributed by atoms with Crippen LogP contribution in [0.15, 0.2) is 0 Å². The highest BCUT2D eigenvalue weighted by Crippen LogP contribution is 2.26. The van der Waals surface area contributed by atoms with Crippen molar-refractivity contribution in [2.45, 2.75) is 45.8 Å². The zero-order valence-corrected chi connectivity index (χ0v) is 10.9. The Kier molecular flexibility index (Phi) is 3.97. The molecule has 0 bridgehead atoms. The minimum atomic E-state index is -0.500. The maximum Gasteiger partial charge on any atom is 0.312 e. The maximum absolute atomic E-state index is 11.5. The van der Waals surface area contributed by atoms with Crippen LogP contribution in [-0.2, 0) is 14.3 Å². The Labute approximate surface area is 97.7 Å². The van der Waals surface area contributed by atoms with Gasteiger partial charge in [0.25, 0.3) is 0 Å². The molecule has 0 spiro atoms. The number of esters is 1. The average Bonchev–Trinajstić information content (AvgIpc) is 2.56. The van der Waals surface area contributed by atoms with E-state index in [1.807, 2.05) is 13.8 Å². The smallest absolute Gasteiger partial charge is 0.312 e. The van der Waals surface area contributed by atoms with Crippen LogP contribution in [0.1, 0.15) is 34.1 Å². The lowest BCUT2D eigenvalue weighted by Crippen LogP contribution is -2.52. The van der Waals surface area contributed by atoms with E-state index in [9.17, 15) is 4.79 Å². The number of ether oxygens (including phenoxy) is 2. The predicted octanol–water partition coefficient (Wildman–Crippen LogP) is 1.34. The fourth-order valence-corrected chi connectivity index (χ4v) is 1.84. The molecule has 4 nitrogen and oxygen atoms in total. The molecule has 1 aliphatic rings. The molecule has 0 radical (unpaired) electrons. The van der Waals surface area contributed by atoms with Crippen molar-refractivity contribution in [3.63, 3.8) is 0 Å². The first kappa shape index (κ1) is 13.5. The monoisotopic (exact) mass is 229 g/mol. The van der Waals surface area contributed by atoms with Gasteiger partial charge in [0.2, 0.25) is 0 Å². The Hall–Kier alpha value is -0.610. The van der Waals surface area contributed by atoms with Crippen LogP contribution in [0.25, 0.3) is 0 Å². The van der Waals surface area contributed by atoms with Crippen LogP contribution in [-0.4, -0.2) is 37.9 Å². The van der Waals surface area contributed by atoms with E-state index in [-0.39, 0.29) is 17.6 Å². The molecule has 94 valence electrons. The van der Waals surface area contributed by atoms with Crippen LogP contribution >= 0.6 is 0 Å². The summed E-state index contributed by atoms with van der Waals surface area (Å²) in [6.45, 7) is 9.35. The van der Waals surface area contributed by atoms with Gasteiger partial charge < -0.3 is 14.8 Å². The number of rotatable bonds is 4. The third-order valence-corrected chi connectivity index (χ3v) is 3.56. The minimum absolute atomic E-state index is 0.0364. The topological polar surface area (TPSA) is 47.6 Å². The van der Waals surface area contributed by atoms with Gasteiger partial charge in [0.05, 0.1) is 18.6 Å². The fourth-order valence-electron chi connectivity index (χ4n) is 1.84. The molecule has 0 aromatic rings. The van der Waals surface area contributed by atoms with Gasteiger partial charge in [-0.15, -0.1) is 0 Å². The molecule has 0 saturated carbocycles. The van der Waals surface area contributed by atoms with E-state index < -0.39 is 5.41 Å². The molecular weight excluding hydrogens is 206 g/mol. The van der Waals surface area contributed by atoms with Crippen molar-refractivity contribution < 1.29 is 14.3 Å². The van der Waals surface area contributed by atoms with Crippen LogP contribution in [0, 0.1) is 5.41 Å². The van der Waals surface area contributed by atoms with E-state index >= 15 is 0 Å². The molecule has 2 unspecified atom stereocenters. The van der Waals surface area contributed by atoms with Crippen molar-refractivity contribution >= 4 is 5.97 Å². The largest absolute Gasteiger partial charge is 0.469 e. The molecule has 1 heterocycles. The lowest BCUT2D eigenvalue weighted by molar-refractivity contribution is -0.150. The van der Waals surface area contributed by atoms with Crippen molar-refractivity contribution in [1.29, 1.82) is 0 Å². The van der Waals surface area contributed by atoms with Gasteiger partial charge in [-0.05, 0) is 34.1 Å². The SMILES string of the molecule is COC(=O)C(C)(C)CNC1(C)CCOC1C. The van der Waals surface area contributed by atoms with E-state index in [4.69, 9.17) is 9.47 Å². The normalized spacial score (nSPS) is 30.4. The van der Waals surface area contributed by atoms with Crippen molar-refractivity contribution in [2.75, 3.05) is 20.3 Å². The van der Waals surface area contributed by atoms with E-state index in [0.29, 0.717) is 6.54 Å². The molecule has 1 aliphatic heterocycles. The molecule has 0 amide bonds. The number of hydrogen-bond acceptors (Lipinski definition) is 4. The van der Waals surface area contributed by atoms with Gasteiger partial charge in [-0.1, -0.05) is 0 Å². The van der Waals surface area contributed by atoms with Gasteiger partial charge >= 0.3 is 5.97 Å². The molecule has 0 aliphatic carbocycles. The highest BCUT2D eigenvalue weighted by Gasteiger charge is 2.39. The molecule has 0 aromatic heterocycles. The lowest BCUT2D eigenvalue weighted by Gasteiger charge is -2.33. The summed E-state index contributed by atoms with van der Waals surface area (Å²) < 4.78 is 10.3. The molecule has 1 saturated heterocycles. The highest BCUT2D eigenvalue weighted by atomic mass is 16.5. The van der Waals surface area contributed by atoms with Gasteiger partial charge in [-0.25, -0.2) is 0 Å². The number of hydrogen-bond donors (Lipinski definition) is 1. The van der Waals surface area contributed by atoms with Crippen LogP contribution in [0.2, 0.25) is 0 Å². The first-order chi connectivity index (χ1) is 7.32. The summed E-state index contributed by atoms with van der Waals surface area (Å²) in [6, 6.07) is 0. The number of carbonyl (C=O) groups is 1. The Morgan fingerprint density at radius 3 is 2.69 bits per heavy atom. The van der Waals surface area contributed by atoms with Crippen LogP contribution in [0.4, 0.5) is 0 Å². The van der Waals surface area contributed by atoms with Crippen molar-refractivity contribution in [1.82, 2.24) is 5.32 Å². The molecule has 2 atom stereocenters. The van der Waals surface area contributed by atoms with Crippen LogP contribution < -0.4 is 5.32 Å². The third-order valence-electron chi connectivity index (χ3n) is 3.56. The van der Waals surface area contributed by atoms with Crippen molar-refractivity contribution in [3.05, 3.63) is 0 Å². The first-order valence-corrected chi connectivity index (χ1v) is 5.77. The molecule has 4 heteroatoms. The molecule has 0 aromatic carbocycles. The second-order valence-corrected chi connectivity index (χ2v) is 5.41. The Bertz CT molecular complexity index is 265. The number of carbonyl (C=O) groups excluding carboxylic acids is 1. The summed E-state index contributed by atoms with van der Waals surface area (Å²) in [7, 11) is 1.42. The van der Waals surface area contributed by atoms with Gasteiger partial charge in [-0.3, -0.25) is 4.79 Å². The molecule has 1 rings (SSSR count). The molecular formula is C12H23NO3. The molecule has 16 heavy (non-hydrogen) atoms. The molecule has 1 fully saturated rings. The number of methoxy groups -OCH3 is 1. The average molecular weight is 229 g/mol. The van der Waals surface area contributed by atoms with E-state index in [1.54, 1.807) is 0 Å². The van der Waals surface area contributed by atoms with E-state index in [2.05, 4.69) is 19.2 Å². The lowest BCUT2D eigenvalue weighted by atomic mass is 9.89. The van der Waals surface area contributed by atoms with Gasteiger partial charge in [0.15, 0.2) is 0 Å². The molecule has 1 N–H and O–H groups in total. The number of nitrogens with one attached hydrogen (secondary N) is 1. The Morgan fingerprint density at radius 2 is 2.25 bits per heavy atom. The first-order valence-electron chi connectivity index (χ1n) is 5.77. The van der Waals surface area contributed by atoms with E-state index in [1.165, 1.54) is 7.11 Å². The third kappa shape index (κ3) is 2.74. The van der Waals surface area contributed by atoms with Gasteiger partial charge in [0, 0.05) is 18.7 Å². The van der Waals surface area contributed by atoms with Gasteiger partial charge in [0.1, 0.15) is 0 Å². The highest BCUT2D eigenvalue weighted by molar-refractivity contribution is 5.76. The Morgan fingerprint density at radius 1 is 1.62 bits per heavy atom.